The van der Waals surface area contributed by atoms with Crippen molar-refractivity contribution in [2.45, 2.75) is 0 Å². The van der Waals surface area contributed by atoms with E-state index < -0.39 is 0 Å². The van der Waals surface area contributed by atoms with Gasteiger partial charge >= 0.3 is 0 Å². The molecule has 0 bridgehead atoms. The third-order valence-corrected chi connectivity index (χ3v) is 1.08. The van der Waals surface area contributed by atoms with Gasteiger partial charge in [-0.2, -0.15) is 4.98 Å². The van der Waals surface area contributed by atoms with Crippen LogP contribution in [0.1, 0.15) is 0 Å². The van der Waals surface area contributed by atoms with Gasteiger partial charge in [0, 0.05) is 0 Å². The Morgan fingerprint density at radius 3 is 2.44 bits per heavy atom. The highest BCUT2D eigenvalue weighted by Gasteiger charge is 1.82. The molecule has 6 heteroatoms. The SMILES string of the molecule is Nc1nc(=S)[nH]c(=S)[nH]1. The highest BCUT2D eigenvalue weighted by atomic mass is 32.1. The monoisotopic (exact) mass is 160 g/mol. The van der Waals surface area contributed by atoms with Crippen molar-refractivity contribution < 1.29 is 0 Å². The van der Waals surface area contributed by atoms with E-state index in [1.165, 1.54) is 0 Å². The Balaban J connectivity index is 3.52. The number of aromatic nitrogens is 3. The molecule has 0 aliphatic heterocycles. The number of nitrogens with zero attached hydrogens (tertiary/aromatic N) is 1. The van der Waals surface area contributed by atoms with Crippen molar-refractivity contribution in [3.05, 3.63) is 9.54 Å². The van der Waals surface area contributed by atoms with Crippen LogP contribution in [0.2, 0.25) is 0 Å². The number of nitrogens with two attached hydrogens (primary N) is 1. The third kappa shape index (κ3) is 1.58. The molecule has 0 aliphatic rings. The van der Waals surface area contributed by atoms with Gasteiger partial charge in [-0.25, -0.2) is 0 Å². The summed E-state index contributed by atoms with van der Waals surface area (Å²) in [5.74, 6) is 0.240. The predicted molar refractivity (Wildman–Crippen MR) is 39.0 cm³/mol. The van der Waals surface area contributed by atoms with Crippen LogP contribution in [0.15, 0.2) is 0 Å². The lowest BCUT2D eigenvalue weighted by Crippen LogP contribution is -1.96. The van der Waals surface area contributed by atoms with E-state index in [1.54, 1.807) is 0 Å². The van der Waals surface area contributed by atoms with E-state index in [9.17, 15) is 0 Å². The molecule has 1 rings (SSSR count). The number of nitrogen functional groups attached to an aromatic ring is 1. The molecule has 1 aromatic heterocycles. The number of anilines is 1. The van der Waals surface area contributed by atoms with E-state index in [4.69, 9.17) is 5.73 Å². The normalized spacial score (nSPS) is 9.33. The van der Waals surface area contributed by atoms with Gasteiger partial charge in [-0.15, -0.1) is 0 Å². The van der Waals surface area contributed by atoms with Crippen LogP contribution in [0.25, 0.3) is 0 Å². The second-order valence-corrected chi connectivity index (χ2v) is 2.18. The Labute approximate surface area is 61.1 Å². The molecule has 0 fully saturated rings. The van der Waals surface area contributed by atoms with Gasteiger partial charge in [0.15, 0.2) is 4.77 Å². The average Bonchev–Trinajstić information content (AvgIpc) is 1.59. The standard InChI is InChI=1S/C3H4N4S2/c4-1-5-2(8)7-3(9)6-1/h(H4,4,5,6,7,8,9). The number of H-pyrrole nitrogens is 2. The van der Waals surface area contributed by atoms with E-state index in [0.29, 0.717) is 9.54 Å². The van der Waals surface area contributed by atoms with Crippen molar-refractivity contribution >= 4 is 30.4 Å². The van der Waals surface area contributed by atoms with Crippen LogP contribution in [-0.4, -0.2) is 15.0 Å². The second-order valence-electron chi connectivity index (χ2n) is 1.38. The van der Waals surface area contributed by atoms with Crippen molar-refractivity contribution in [3.8, 4) is 0 Å². The minimum Gasteiger partial charge on any atom is -0.369 e. The first-order valence-corrected chi connectivity index (χ1v) is 2.96. The van der Waals surface area contributed by atoms with E-state index in [2.05, 4.69) is 39.4 Å². The minimum absolute atomic E-state index is 0.240. The molecule has 1 heterocycles. The summed E-state index contributed by atoms with van der Waals surface area (Å²) in [6.07, 6.45) is 0. The summed E-state index contributed by atoms with van der Waals surface area (Å²) in [7, 11) is 0. The van der Waals surface area contributed by atoms with Gasteiger partial charge in [-0.05, 0) is 24.4 Å². The van der Waals surface area contributed by atoms with Gasteiger partial charge in [0.25, 0.3) is 0 Å². The zero-order chi connectivity index (χ0) is 6.85. The van der Waals surface area contributed by atoms with Crippen LogP contribution in [0, 0.1) is 9.54 Å². The van der Waals surface area contributed by atoms with Gasteiger partial charge in [0.1, 0.15) is 0 Å². The Bertz CT molecular complexity index is 282. The van der Waals surface area contributed by atoms with Crippen LogP contribution in [0.4, 0.5) is 5.95 Å². The van der Waals surface area contributed by atoms with Crippen LogP contribution in [0.3, 0.4) is 0 Å². The topological polar surface area (TPSA) is 70.5 Å². The van der Waals surface area contributed by atoms with Crippen molar-refractivity contribution in [3.63, 3.8) is 0 Å². The second kappa shape index (κ2) is 2.24. The lowest BCUT2D eigenvalue weighted by Gasteiger charge is -1.88. The molecule has 0 amide bonds. The first-order valence-electron chi connectivity index (χ1n) is 2.14. The maximum Gasteiger partial charge on any atom is 0.202 e. The molecule has 1 aromatic rings. The first-order chi connectivity index (χ1) is 4.18. The fourth-order valence-corrected chi connectivity index (χ4v) is 0.876. The highest BCUT2D eigenvalue weighted by Crippen LogP contribution is 1.86. The third-order valence-electron chi connectivity index (χ3n) is 0.684. The molecule has 9 heavy (non-hydrogen) atoms. The van der Waals surface area contributed by atoms with Crippen LogP contribution >= 0.6 is 24.4 Å². The summed E-state index contributed by atoms with van der Waals surface area (Å²) in [4.78, 5) is 8.81. The molecule has 0 spiro atoms. The largest absolute Gasteiger partial charge is 0.369 e. The summed E-state index contributed by atoms with van der Waals surface area (Å²) in [6, 6.07) is 0. The molecule has 0 unspecified atom stereocenters. The van der Waals surface area contributed by atoms with E-state index in [1.807, 2.05) is 0 Å². The number of aromatic amines is 2. The molecular weight excluding hydrogens is 156 g/mol. The van der Waals surface area contributed by atoms with Gasteiger partial charge in [-0.3, -0.25) is 0 Å². The van der Waals surface area contributed by atoms with Crippen molar-refractivity contribution in [1.82, 2.24) is 15.0 Å². The zero-order valence-corrected chi connectivity index (χ0v) is 5.97. The molecule has 0 aromatic carbocycles. The molecule has 4 nitrogen and oxygen atoms in total. The summed E-state index contributed by atoms with van der Waals surface area (Å²) in [6.45, 7) is 0. The number of hydrogen-bond donors (Lipinski definition) is 3. The smallest absolute Gasteiger partial charge is 0.202 e. The molecular formula is C3H4N4S2. The van der Waals surface area contributed by atoms with Crippen LogP contribution in [-0.2, 0) is 0 Å². The van der Waals surface area contributed by atoms with E-state index >= 15 is 0 Å². The van der Waals surface area contributed by atoms with Crippen molar-refractivity contribution in [1.29, 1.82) is 0 Å². The van der Waals surface area contributed by atoms with E-state index in [0.717, 1.165) is 0 Å². The number of nitrogens with one attached hydrogen (secondary N) is 2. The maximum absolute atomic E-state index is 5.24. The lowest BCUT2D eigenvalue weighted by molar-refractivity contribution is 1.02. The Morgan fingerprint density at radius 2 is 2.00 bits per heavy atom. The summed E-state index contributed by atoms with van der Waals surface area (Å²) in [5, 5.41) is 0. The number of rotatable bonds is 0. The average molecular weight is 160 g/mol. The molecule has 4 N–H and O–H groups in total. The van der Waals surface area contributed by atoms with E-state index in [-0.39, 0.29) is 5.95 Å². The maximum atomic E-state index is 5.24. The summed E-state index contributed by atoms with van der Waals surface area (Å²) >= 11 is 9.34. The molecule has 0 atom stereocenters. The molecule has 48 valence electrons. The van der Waals surface area contributed by atoms with Gasteiger partial charge in [0.2, 0.25) is 10.7 Å². The summed E-state index contributed by atoms with van der Waals surface area (Å²) < 4.78 is 0.698. The van der Waals surface area contributed by atoms with Gasteiger partial charge in [0.05, 0.1) is 0 Å². The first kappa shape index (κ1) is 6.37. The zero-order valence-electron chi connectivity index (χ0n) is 4.34. The van der Waals surface area contributed by atoms with Crippen molar-refractivity contribution in [2.24, 2.45) is 0 Å². The van der Waals surface area contributed by atoms with Crippen LogP contribution in [0.5, 0.6) is 0 Å². The predicted octanol–water partition coefficient (Wildman–Crippen LogP) is 0.779. The summed E-state index contributed by atoms with van der Waals surface area (Å²) in [5.41, 5.74) is 5.24. The molecule has 0 radical (unpaired) electrons. The fourth-order valence-electron chi connectivity index (χ4n) is 0.410. The van der Waals surface area contributed by atoms with Gasteiger partial charge < -0.3 is 15.7 Å². The van der Waals surface area contributed by atoms with Crippen LogP contribution < -0.4 is 5.73 Å². The Kier molecular flexibility index (Phi) is 1.58. The van der Waals surface area contributed by atoms with Gasteiger partial charge in [-0.1, -0.05) is 0 Å². The van der Waals surface area contributed by atoms with Crippen molar-refractivity contribution in [2.75, 3.05) is 5.73 Å². The molecule has 0 aliphatic carbocycles. The Hall–Kier alpha value is -0.750. The fraction of sp³-hybridized carbons (Fsp3) is 0. The molecule has 0 saturated carbocycles. The quantitative estimate of drug-likeness (QED) is 0.490. The minimum atomic E-state index is 0.240. The molecule has 0 saturated heterocycles. The highest BCUT2D eigenvalue weighted by molar-refractivity contribution is 7.71. The number of hydrogen-bond acceptors (Lipinski definition) is 4. The lowest BCUT2D eigenvalue weighted by atomic mass is 11.0. The Morgan fingerprint density at radius 1 is 1.33 bits per heavy atom.